The highest BCUT2D eigenvalue weighted by Crippen LogP contribution is 2.28. The molecule has 2 heterocycles. The number of nitrogens with one attached hydrogen (secondary N) is 1. The monoisotopic (exact) mass is 335 g/mol. The Balaban J connectivity index is 2.06. The molecule has 0 unspecified atom stereocenters. The normalized spacial score (nSPS) is 13.6. The Morgan fingerprint density at radius 2 is 2.30 bits per heavy atom. The number of ether oxygens (including phenoxy) is 1. The molecule has 0 fully saturated rings. The third-order valence-electron chi connectivity index (χ3n) is 2.65. The summed E-state index contributed by atoms with van der Waals surface area (Å²) in [5.74, 6) is 0. The van der Waals surface area contributed by atoms with Crippen LogP contribution in [0.3, 0.4) is 0 Å². The van der Waals surface area contributed by atoms with Crippen molar-refractivity contribution >= 4 is 33.0 Å². The molecular weight excluding hydrogens is 322 g/mol. The Kier molecular flexibility index (Phi) is 4.82. The number of aromatic nitrogens is 2. The Morgan fingerprint density at radius 1 is 1.55 bits per heavy atom. The lowest BCUT2D eigenvalue weighted by atomic mass is 10.3. The maximum atomic E-state index is 12.1. The van der Waals surface area contributed by atoms with Crippen LogP contribution in [0.25, 0.3) is 0 Å². The van der Waals surface area contributed by atoms with Gasteiger partial charge in [-0.2, -0.15) is 5.10 Å². The topological polar surface area (TPSA) is 73.2 Å². The summed E-state index contributed by atoms with van der Waals surface area (Å²) in [5, 5.41) is 3.84. The molecule has 0 aliphatic rings. The molecule has 0 aliphatic heterocycles. The summed E-state index contributed by atoms with van der Waals surface area (Å²) in [6.07, 6.45) is 2.36. The van der Waals surface area contributed by atoms with Gasteiger partial charge in [-0.3, -0.25) is 4.68 Å². The van der Waals surface area contributed by atoms with E-state index in [1.807, 2.05) is 6.07 Å². The van der Waals surface area contributed by atoms with Crippen LogP contribution in [-0.4, -0.2) is 31.9 Å². The van der Waals surface area contributed by atoms with Crippen LogP contribution in [0.2, 0.25) is 4.34 Å². The zero-order valence-corrected chi connectivity index (χ0v) is 13.3. The van der Waals surface area contributed by atoms with Gasteiger partial charge in [-0.15, -0.1) is 11.3 Å². The smallest absolute Gasteiger partial charge is 0.243 e. The lowest BCUT2D eigenvalue weighted by molar-refractivity contribution is 0.110. The van der Waals surface area contributed by atoms with Gasteiger partial charge in [0.15, 0.2) is 0 Å². The van der Waals surface area contributed by atoms with E-state index in [1.165, 1.54) is 35.5 Å². The van der Waals surface area contributed by atoms with Crippen molar-refractivity contribution in [2.75, 3.05) is 13.7 Å². The summed E-state index contributed by atoms with van der Waals surface area (Å²) >= 11 is 7.22. The summed E-state index contributed by atoms with van der Waals surface area (Å²) in [5.41, 5.74) is 0. The second-order valence-corrected chi connectivity index (χ2v) is 7.58. The van der Waals surface area contributed by atoms with Gasteiger partial charge in [0.2, 0.25) is 10.0 Å². The van der Waals surface area contributed by atoms with E-state index in [1.54, 1.807) is 13.1 Å². The zero-order chi connectivity index (χ0) is 14.8. The van der Waals surface area contributed by atoms with Crippen molar-refractivity contribution in [1.29, 1.82) is 0 Å². The molecule has 1 atom stereocenters. The van der Waals surface area contributed by atoms with Crippen molar-refractivity contribution in [2.45, 2.75) is 11.0 Å². The van der Waals surface area contributed by atoms with Gasteiger partial charge in [-0.05, 0) is 12.1 Å². The average Bonchev–Trinajstić information content (AvgIpc) is 2.99. The van der Waals surface area contributed by atoms with E-state index in [0.717, 1.165) is 4.88 Å². The van der Waals surface area contributed by atoms with Gasteiger partial charge in [0.25, 0.3) is 0 Å². The predicted octanol–water partition coefficient (Wildman–Crippen LogP) is 1.80. The molecule has 20 heavy (non-hydrogen) atoms. The molecule has 2 aromatic heterocycles. The van der Waals surface area contributed by atoms with Crippen molar-refractivity contribution < 1.29 is 13.2 Å². The standard InChI is InChI=1S/C11H14ClN3O3S2/c1-15-7-8(5-13-15)20(16,17)14-6-9(18-2)10-3-4-11(12)19-10/h3-5,7,9,14H,6H2,1-2H3/t9-/m1/s1. The van der Waals surface area contributed by atoms with E-state index in [-0.39, 0.29) is 17.5 Å². The first kappa shape index (κ1) is 15.5. The maximum absolute atomic E-state index is 12.1. The van der Waals surface area contributed by atoms with Gasteiger partial charge in [0, 0.05) is 31.8 Å². The molecule has 2 rings (SSSR count). The Labute approximate surface area is 126 Å². The van der Waals surface area contributed by atoms with Gasteiger partial charge in [-0.1, -0.05) is 11.6 Å². The fraction of sp³-hybridized carbons (Fsp3) is 0.364. The minimum absolute atomic E-state index is 0.124. The van der Waals surface area contributed by atoms with Crippen molar-refractivity contribution in [3.8, 4) is 0 Å². The average molecular weight is 336 g/mol. The van der Waals surface area contributed by atoms with Crippen LogP contribution in [0.1, 0.15) is 11.0 Å². The zero-order valence-electron chi connectivity index (χ0n) is 10.9. The van der Waals surface area contributed by atoms with Gasteiger partial charge in [-0.25, -0.2) is 13.1 Å². The van der Waals surface area contributed by atoms with Crippen molar-refractivity contribution in [2.24, 2.45) is 7.05 Å². The third kappa shape index (κ3) is 3.58. The second-order valence-electron chi connectivity index (χ2n) is 4.07. The minimum Gasteiger partial charge on any atom is -0.375 e. The Hall–Kier alpha value is -0.930. The van der Waals surface area contributed by atoms with E-state index < -0.39 is 10.0 Å². The molecule has 0 aromatic carbocycles. The Morgan fingerprint density at radius 3 is 2.80 bits per heavy atom. The van der Waals surface area contributed by atoms with E-state index in [4.69, 9.17) is 16.3 Å². The van der Waals surface area contributed by atoms with Crippen molar-refractivity contribution in [1.82, 2.24) is 14.5 Å². The molecule has 1 N–H and O–H groups in total. The number of thiophene rings is 1. The van der Waals surface area contributed by atoms with Crippen LogP contribution < -0.4 is 4.72 Å². The first-order chi connectivity index (χ1) is 9.42. The molecule has 2 aromatic rings. The lowest BCUT2D eigenvalue weighted by Gasteiger charge is -2.14. The molecule has 9 heteroatoms. The quantitative estimate of drug-likeness (QED) is 0.873. The molecule has 0 saturated heterocycles. The molecule has 0 radical (unpaired) electrons. The van der Waals surface area contributed by atoms with Crippen LogP contribution in [0.4, 0.5) is 0 Å². The molecule has 0 aliphatic carbocycles. The SMILES string of the molecule is CO[C@H](CNS(=O)(=O)c1cnn(C)c1)c1ccc(Cl)s1. The third-order valence-corrected chi connectivity index (χ3v) is 5.35. The number of hydrogen-bond donors (Lipinski definition) is 1. The summed E-state index contributed by atoms with van der Waals surface area (Å²) in [7, 11) is -0.406. The highest BCUT2D eigenvalue weighted by Gasteiger charge is 2.20. The van der Waals surface area contributed by atoms with Crippen LogP contribution >= 0.6 is 22.9 Å². The van der Waals surface area contributed by atoms with Gasteiger partial charge < -0.3 is 4.74 Å². The van der Waals surface area contributed by atoms with Gasteiger partial charge in [0.05, 0.1) is 10.5 Å². The Bertz CT molecular complexity index is 681. The summed E-state index contributed by atoms with van der Waals surface area (Å²) in [6.45, 7) is 0.130. The molecule has 0 bridgehead atoms. The van der Waals surface area contributed by atoms with Gasteiger partial charge in [0.1, 0.15) is 11.0 Å². The molecule has 110 valence electrons. The number of sulfonamides is 1. The summed E-state index contributed by atoms with van der Waals surface area (Å²) < 4.78 is 34.0. The number of hydrogen-bond acceptors (Lipinski definition) is 5. The molecule has 0 amide bonds. The summed E-state index contributed by atoms with van der Waals surface area (Å²) in [4.78, 5) is 0.991. The second kappa shape index (κ2) is 6.23. The van der Waals surface area contributed by atoms with Crippen LogP contribution in [0, 0.1) is 0 Å². The number of halogens is 1. The largest absolute Gasteiger partial charge is 0.375 e. The van der Waals surface area contributed by atoms with Crippen LogP contribution in [0.15, 0.2) is 29.4 Å². The van der Waals surface area contributed by atoms with E-state index in [0.29, 0.717) is 4.34 Å². The van der Waals surface area contributed by atoms with Crippen LogP contribution in [0.5, 0.6) is 0 Å². The van der Waals surface area contributed by atoms with Crippen molar-refractivity contribution in [3.05, 3.63) is 33.7 Å². The highest BCUT2D eigenvalue weighted by molar-refractivity contribution is 7.89. The van der Waals surface area contributed by atoms with E-state index >= 15 is 0 Å². The summed E-state index contributed by atoms with van der Waals surface area (Å²) in [6, 6.07) is 3.57. The first-order valence-electron chi connectivity index (χ1n) is 5.68. The number of aryl methyl sites for hydroxylation is 1. The molecule has 6 nitrogen and oxygen atoms in total. The van der Waals surface area contributed by atoms with Crippen LogP contribution in [-0.2, 0) is 21.8 Å². The lowest BCUT2D eigenvalue weighted by Crippen LogP contribution is -2.28. The fourth-order valence-electron chi connectivity index (χ4n) is 1.61. The number of nitrogens with zero attached hydrogens (tertiary/aromatic N) is 2. The number of rotatable bonds is 6. The molecule has 0 spiro atoms. The van der Waals surface area contributed by atoms with E-state index in [9.17, 15) is 8.42 Å². The van der Waals surface area contributed by atoms with E-state index in [2.05, 4.69) is 9.82 Å². The molecule has 0 saturated carbocycles. The van der Waals surface area contributed by atoms with Gasteiger partial charge >= 0.3 is 0 Å². The van der Waals surface area contributed by atoms with Crippen molar-refractivity contribution in [3.63, 3.8) is 0 Å². The predicted molar refractivity (Wildman–Crippen MR) is 77.5 cm³/mol. The maximum Gasteiger partial charge on any atom is 0.243 e. The highest BCUT2D eigenvalue weighted by atomic mass is 35.5. The minimum atomic E-state index is -3.59. The fourth-order valence-corrected chi connectivity index (χ4v) is 3.76. The first-order valence-corrected chi connectivity index (χ1v) is 8.36. The number of methoxy groups -OCH3 is 1. The molecular formula is C11H14ClN3O3S2.